The molecule has 0 unspecified atom stereocenters. The van der Waals surface area contributed by atoms with Gasteiger partial charge in [0.15, 0.2) is 0 Å². The van der Waals surface area contributed by atoms with E-state index in [2.05, 4.69) is 91.0 Å². The van der Waals surface area contributed by atoms with Crippen LogP contribution in [0, 0.1) is 5.92 Å². The van der Waals surface area contributed by atoms with E-state index < -0.39 is 7.26 Å². The molecule has 0 radical (unpaired) electrons. The summed E-state index contributed by atoms with van der Waals surface area (Å²) < 4.78 is 0. The van der Waals surface area contributed by atoms with Crippen LogP contribution < -0.4 is 15.9 Å². The van der Waals surface area contributed by atoms with Gasteiger partial charge in [-0.3, -0.25) is 0 Å². The maximum absolute atomic E-state index is 2.41. The van der Waals surface area contributed by atoms with E-state index in [0.29, 0.717) is 0 Å². The quantitative estimate of drug-likeness (QED) is 0.374. The second-order valence-electron chi connectivity index (χ2n) is 9.48. The molecular weight excluding hydrogens is 391 g/mol. The van der Waals surface area contributed by atoms with Gasteiger partial charge in [0.2, 0.25) is 0 Å². The van der Waals surface area contributed by atoms with Gasteiger partial charge < -0.3 is 0 Å². The third-order valence-electron chi connectivity index (χ3n) is 7.37. The van der Waals surface area contributed by atoms with E-state index in [4.69, 9.17) is 0 Å². The fourth-order valence-corrected chi connectivity index (χ4v) is 11.0. The molecule has 1 aliphatic carbocycles. The average Bonchev–Trinajstić information content (AvgIpc) is 2.90. The molecule has 1 saturated carbocycles. The number of benzene rings is 3. The molecule has 1 heteroatoms. The number of hydrogen-bond donors (Lipinski definition) is 0. The van der Waals surface area contributed by atoms with Crippen molar-refractivity contribution in [1.29, 1.82) is 0 Å². The SMILES string of the molecule is c1ccc([PH](CC2CCCCCCCCCC2)(c2ccccc2)c2ccccc2)cc1. The molecule has 164 valence electrons. The van der Waals surface area contributed by atoms with Crippen LogP contribution in [0.1, 0.15) is 64.2 Å². The summed E-state index contributed by atoms with van der Waals surface area (Å²) in [7, 11) is -2.09. The van der Waals surface area contributed by atoms with Gasteiger partial charge >= 0.3 is 190 Å². The molecule has 0 N–H and O–H groups in total. The van der Waals surface area contributed by atoms with Gasteiger partial charge in [-0.05, 0) is 0 Å². The summed E-state index contributed by atoms with van der Waals surface area (Å²) in [6.07, 6.45) is 15.6. The van der Waals surface area contributed by atoms with Gasteiger partial charge in [-0.1, -0.05) is 0 Å². The Hall–Kier alpha value is -1.91. The Labute approximate surface area is 190 Å². The molecule has 0 nitrogen and oxygen atoms in total. The second kappa shape index (κ2) is 11.6. The van der Waals surface area contributed by atoms with Crippen molar-refractivity contribution in [3.05, 3.63) is 91.0 Å². The third-order valence-corrected chi connectivity index (χ3v) is 12.5. The Morgan fingerprint density at radius 3 is 1.13 bits per heavy atom. The van der Waals surface area contributed by atoms with Gasteiger partial charge in [0.1, 0.15) is 0 Å². The van der Waals surface area contributed by atoms with Crippen molar-refractivity contribution in [3.63, 3.8) is 0 Å². The summed E-state index contributed by atoms with van der Waals surface area (Å²) in [6, 6.07) is 34.5. The molecule has 31 heavy (non-hydrogen) atoms. The van der Waals surface area contributed by atoms with Crippen LogP contribution in [0.15, 0.2) is 91.0 Å². The Balaban J connectivity index is 1.77. The summed E-state index contributed by atoms with van der Waals surface area (Å²) in [4.78, 5) is 0. The molecule has 0 aliphatic heterocycles. The predicted octanol–water partition coefficient (Wildman–Crippen LogP) is 7.24. The zero-order valence-corrected chi connectivity index (χ0v) is 20.0. The zero-order valence-electron chi connectivity index (χ0n) is 19.0. The Kier molecular flexibility index (Phi) is 8.37. The first-order valence-corrected chi connectivity index (χ1v) is 14.8. The van der Waals surface area contributed by atoms with Crippen LogP contribution in [0.4, 0.5) is 0 Å². The first-order valence-electron chi connectivity index (χ1n) is 12.6. The minimum absolute atomic E-state index is 0.824. The molecular formula is C30H39P. The van der Waals surface area contributed by atoms with Crippen LogP contribution in [0.3, 0.4) is 0 Å². The van der Waals surface area contributed by atoms with Crippen molar-refractivity contribution in [2.75, 3.05) is 6.16 Å². The Morgan fingerprint density at radius 1 is 0.452 bits per heavy atom. The van der Waals surface area contributed by atoms with Crippen LogP contribution >= 0.6 is 7.26 Å². The molecule has 0 heterocycles. The van der Waals surface area contributed by atoms with E-state index in [9.17, 15) is 0 Å². The van der Waals surface area contributed by atoms with Crippen LogP contribution in [0.25, 0.3) is 0 Å². The van der Waals surface area contributed by atoms with E-state index in [1.165, 1.54) is 70.4 Å². The van der Waals surface area contributed by atoms with E-state index in [1.54, 1.807) is 15.9 Å². The summed E-state index contributed by atoms with van der Waals surface area (Å²) >= 11 is 0. The summed E-state index contributed by atoms with van der Waals surface area (Å²) in [5, 5.41) is 4.71. The normalized spacial score (nSPS) is 17.5. The molecule has 3 aromatic carbocycles. The fraction of sp³-hybridized carbons (Fsp3) is 0.400. The van der Waals surface area contributed by atoms with Gasteiger partial charge in [0.25, 0.3) is 0 Å². The molecule has 0 saturated heterocycles. The van der Waals surface area contributed by atoms with Crippen molar-refractivity contribution < 1.29 is 0 Å². The van der Waals surface area contributed by atoms with E-state index >= 15 is 0 Å². The van der Waals surface area contributed by atoms with Crippen molar-refractivity contribution in [1.82, 2.24) is 0 Å². The summed E-state index contributed by atoms with van der Waals surface area (Å²) in [5.74, 6) is 0.824. The van der Waals surface area contributed by atoms with Crippen molar-refractivity contribution >= 4 is 23.2 Å². The van der Waals surface area contributed by atoms with E-state index in [-0.39, 0.29) is 0 Å². The molecule has 1 aliphatic rings. The van der Waals surface area contributed by atoms with Crippen molar-refractivity contribution in [2.45, 2.75) is 64.2 Å². The first-order chi connectivity index (χ1) is 15.4. The molecule has 0 spiro atoms. The number of rotatable bonds is 5. The van der Waals surface area contributed by atoms with Crippen LogP contribution in [-0.2, 0) is 0 Å². The molecule has 0 bridgehead atoms. The molecule has 0 amide bonds. The minimum atomic E-state index is -2.09. The monoisotopic (exact) mass is 430 g/mol. The van der Waals surface area contributed by atoms with Crippen LogP contribution in [-0.4, -0.2) is 6.16 Å². The zero-order chi connectivity index (χ0) is 21.2. The molecule has 3 aromatic rings. The van der Waals surface area contributed by atoms with E-state index in [0.717, 1.165) is 5.92 Å². The topological polar surface area (TPSA) is 0 Å². The van der Waals surface area contributed by atoms with Crippen molar-refractivity contribution in [2.24, 2.45) is 5.92 Å². The first kappa shape index (κ1) is 22.3. The van der Waals surface area contributed by atoms with Gasteiger partial charge in [-0.25, -0.2) is 0 Å². The van der Waals surface area contributed by atoms with Gasteiger partial charge in [0.05, 0.1) is 0 Å². The predicted molar refractivity (Wildman–Crippen MR) is 141 cm³/mol. The fourth-order valence-electron chi connectivity index (χ4n) is 5.73. The summed E-state index contributed by atoms with van der Waals surface area (Å²) in [6.45, 7) is 0. The molecule has 0 atom stereocenters. The van der Waals surface area contributed by atoms with Crippen LogP contribution in [0.2, 0.25) is 0 Å². The van der Waals surface area contributed by atoms with Gasteiger partial charge in [-0.15, -0.1) is 0 Å². The van der Waals surface area contributed by atoms with Gasteiger partial charge in [0, 0.05) is 0 Å². The Bertz CT molecular complexity index is 763. The van der Waals surface area contributed by atoms with E-state index in [1.807, 2.05) is 0 Å². The standard InChI is InChI=1S/C30H39P/c1-2-4-6-11-19-27(18-10-5-3-1)26-31(28-20-12-7-13-21-28,29-22-14-8-15-23-29)30-24-16-9-17-25-30/h7-9,12-17,20-25,27,31H,1-6,10-11,18-19,26H2. The number of hydrogen-bond acceptors (Lipinski definition) is 0. The molecule has 1 fully saturated rings. The average molecular weight is 431 g/mol. The third kappa shape index (κ3) is 5.67. The summed E-state index contributed by atoms with van der Waals surface area (Å²) in [5.41, 5.74) is 0. The van der Waals surface area contributed by atoms with Gasteiger partial charge in [-0.2, -0.15) is 0 Å². The molecule has 0 aromatic heterocycles. The second-order valence-corrected chi connectivity index (χ2v) is 13.4. The van der Waals surface area contributed by atoms with Crippen LogP contribution in [0.5, 0.6) is 0 Å². The van der Waals surface area contributed by atoms with Crippen molar-refractivity contribution in [3.8, 4) is 0 Å². The maximum atomic E-state index is 2.41. The Morgan fingerprint density at radius 2 is 0.774 bits per heavy atom. The molecule has 4 rings (SSSR count).